The molecule has 0 saturated heterocycles. The summed E-state index contributed by atoms with van der Waals surface area (Å²) in [5.74, 6) is -1.05. The van der Waals surface area contributed by atoms with E-state index in [9.17, 15) is 19.2 Å². The lowest BCUT2D eigenvalue weighted by Gasteiger charge is -2.33. The van der Waals surface area contributed by atoms with Gasteiger partial charge in [-0.05, 0) is 62.1 Å². The van der Waals surface area contributed by atoms with Crippen LogP contribution in [0.4, 0.5) is 0 Å². The van der Waals surface area contributed by atoms with Crippen LogP contribution in [0.5, 0.6) is 0 Å². The number of rotatable bonds is 0. The largest absolute Gasteiger partial charge is 0.347 e. The van der Waals surface area contributed by atoms with Crippen LogP contribution in [0.3, 0.4) is 0 Å². The van der Waals surface area contributed by atoms with Gasteiger partial charge >= 0.3 is 0 Å². The second-order valence-corrected chi connectivity index (χ2v) is 10.1. The molecule has 0 spiro atoms. The van der Waals surface area contributed by atoms with E-state index in [4.69, 9.17) is 0 Å². The molecule has 8 nitrogen and oxygen atoms in total. The quantitative estimate of drug-likeness (QED) is 0.456. The van der Waals surface area contributed by atoms with Crippen molar-refractivity contribution in [1.82, 2.24) is 21.3 Å². The molecule has 8 heteroatoms. The van der Waals surface area contributed by atoms with Gasteiger partial charge in [-0.2, -0.15) is 0 Å². The molecule has 2 aliphatic carbocycles. The Morgan fingerprint density at radius 2 is 0.694 bits per heavy atom. The summed E-state index contributed by atoms with van der Waals surface area (Å²) in [5.41, 5.74) is 1.61. The molecular weight excluding hydrogens is 456 g/mol. The Bertz CT molecular complexity index is 1010. The van der Waals surface area contributed by atoms with Gasteiger partial charge in [-0.3, -0.25) is 19.2 Å². The van der Waals surface area contributed by atoms with E-state index in [0.717, 1.165) is 51.4 Å². The smallest absolute Gasteiger partial charge is 0.251 e. The molecule has 3 aliphatic rings. The van der Waals surface area contributed by atoms with Crippen LogP contribution in [0.2, 0.25) is 0 Å². The predicted molar refractivity (Wildman–Crippen MR) is 135 cm³/mol. The van der Waals surface area contributed by atoms with Crippen LogP contribution in [-0.4, -0.2) is 47.8 Å². The third-order valence-corrected chi connectivity index (χ3v) is 7.57. The molecule has 1 aliphatic heterocycles. The molecule has 4 atom stereocenters. The number of nitrogens with one attached hydrogen (secondary N) is 4. The molecule has 36 heavy (non-hydrogen) atoms. The molecule has 2 aromatic carbocycles. The van der Waals surface area contributed by atoms with E-state index < -0.39 is 0 Å². The van der Waals surface area contributed by atoms with Crippen molar-refractivity contribution >= 4 is 23.6 Å². The number of carbonyl (C=O) groups excluding carboxylic acids is 4. The minimum absolute atomic E-state index is 0.221. The first-order valence-corrected chi connectivity index (χ1v) is 12.9. The highest BCUT2D eigenvalue weighted by Gasteiger charge is 2.31. The average molecular weight is 489 g/mol. The standard InChI is InChI=1S/C28H32N4O4/c33-25-17-7-5-9-19(15-17)27(35)31-23-13-3-4-14-24(23)32-28(36)20-10-6-8-18(16-20)26(34)30-22-12-2-1-11-21(22)29-25/h5-10,15-16,21-24H,1-4,11-14H2,(H,29,33)(H,30,34)(H,31,35)(H,32,36). The van der Waals surface area contributed by atoms with Crippen molar-refractivity contribution in [3.8, 4) is 0 Å². The minimum Gasteiger partial charge on any atom is -0.347 e. The molecule has 4 N–H and O–H groups in total. The van der Waals surface area contributed by atoms with Gasteiger partial charge in [-0.1, -0.05) is 37.8 Å². The Labute approximate surface area is 210 Å². The van der Waals surface area contributed by atoms with E-state index in [1.54, 1.807) is 48.5 Å². The lowest BCUT2D eigenvalue weighted by Crippen LogP contribution is -2.53. The number of carbonyl (C=O) groups is 4. The Morgan fingerprint density at radius 1 is 0.444 bits per heavy atom. The molecule has 188 valence electrons. The van der Waals surface area contributed by atoms with Crippen LogP contribution >= 0.6 is 0 Å². The fourth-order valence-electron chi connectivity index (χ4n) is 5.56. The summed E-state index contributed by atoms with van der Waals surface area (Å²) < 4.78 is 0. The molecule has 5 rings (SSSR count). The van der Waals surface area contributed by atoms with Crippen molar-refractivity contribution in [2.45, 2.75) is 75.5 Å². The highest BCUT2D eigenvalue weighted by molar-refractivity contribution is 6.01. The molecule has 4 amide bonds. The maximum absolute atomic E-state index is 13.1. The monoisotopic (exact) mass is 488 g/mol. The molecule has 2 fully saturated rings. The zero-order valence-corrected chi connectivity index (χ0v) is 20.2. The summed E-state index contributed by atoms with van der Waals surface area (Å²) in [6.45, 7) is 0. The number of hydrogen-bond acceptors (Lipinski definition) is 4. The average Bonchev–Trinajstić information content (AvgIpc) is 2.90. The molecule has 4 bridgehead atoms. The maximum Gasteiger partial charge on any atom is 0.251 e. The Hall–Kier alpha value is -3.68. The zero-order valence-electron chi connectivity index (χ0n) is 20.2. The summed E-state index contributed by atoms with van der Waals surface area (Å²) in [6, 6.07) is 12.5. The summed E-state index contributed by atoms with van der Waals surface area (Å²) in [6.07, 6.45) is 6.83. The number of fused-ring (bicyclic) bond motifs is 6. The van der Waals surface area contributed by atoms with Crippen LogP contribution in [0.25, 0.3) is 0 Å². The number of hydrogen-bond donors (Lipinski definition) is 4. The van der Waals surface area contributed by atoms with Gasteiger partial charge < -0.3 is 21.3 Å². The van der Waals surface area contributed by atoms with Crippen LogP contribution < -0.4 is 21.3 Å². The summed E-state index contributed by atoms with van der Waals surface area (Å²) in [4.78, 5) is 52.5. The predicted octanol–water partition coefficient (Wildman–Crippen LogP) is 2.94. The first-order valence-electron chi connectivity index (χ1n) is 12.9. The van der Waals surface area contributed by atoms with Gasteiger partial charge in [0.25, 0.3) is 23.6 Å². The van der Waals surface area contributed by atoms with Crippen LogP contribution in [0.1, 0.15) is 92.8 Å². The van der Waals surface area contributed by atoms with Gasteiger partial charge in [0.15, 0.2) is 0 Å². The molecule has 4 unspecified atom stereocenters. The van der Waals surface area contributed by atoms with Crippen molar-refractivity contribution in [3.63, 3.8) is 0 Å². The van der Waals surface area contributed by atoms with Gasteiger partial charge in [-0.15, -0.1) is 0 Å². The summed E-state index contributed by atoms with van der Waals surface area (Å²) in [5, 5.41) is 12.3. The third-order valence-electron chi connectivity index (χ3n) is 7.57. The minimum atomic E-state index is -0.262. The molecular formula is C28H32N4O4. The first kappa shape index (κ1) is 24.0. The molecule has 2 saturated carbocycles. The normalized spacial score (nSPS) is 27.1. The maximum atomic E-state index is 13.1. The van der Waals surface area contributed by atoms with E-state index in [1.165, 1.54) is 0 Å². The van der Waals surface area contributed by atoms with Gasteiger partial charge in [0, 0.05) is 46.4 Å². The second-order valence-electron chi connectivity index (χ2n) is 10.1. The lowest BCUT2D eigenvalue weighted by atomic mass is 9.89. The van der Waals surface area contributed by atoms with Crippen molar-refractivity contribution in [3.05, 3.63) is 70.8 Å². The van der Waals surface area contributed by atoms with Gasteiger partial charge in [-0.25, -0.2) is 0 Å². The SMILES string of the molecule is O=C1NC2CCCCC2NC(=O)c2cccc(c2)C(=O)NC2CCCCC2NC(=O)c2cccc1c2. The van der Waals surface area contributed by atoms with E-state index in [0.29, 0.717) is 22.3 Å². The van der Waals surface area contributed by atoms with Gasteiger partial charge in [0.05, 0.1) is 0 Å². The summed E-state index contributed by atoms with van der Waals surface area (Å²) in [7, 11) is 0. The van der Waals surface area contributed by atoms with Crippen molar-refractivity contribution in [1.29, 1.82) is 0 Å². The zero-order chi connectivity index (χ0) is 25.1. The number of amides is 4. The third kappa shape index (κ3) is 5.27. The molecule has 2 aromatic rings. The van der Waals surface area contributed by atoms with E-state index >= 15 is 0 Å². The molecule has 0 aromatic heterocycles. The Morgan fingerprint density at radius 3 is 0.944 bits per heavy atom. The van der Waals surface area contributed by atoms with Crippen LogP contribution in [0, 0.1) is 0 Å². The molecule has 1 heterocycles. The first-order chi connectivity index (χ1) is 17.5. The second kappa shape index (κ2) is 10.5. The van der Waals surface area contributed by atoms with Crippen molar-refractivity contribution in [2.24, 2.45) is 0 Å². The van der Waals surface area contributed by atoms with E-state index in [1.807, 2.05) is 0 Å². The van der Waals surface area contributed by atoms with Crippen molar-refractivity contribution < 1.29 is 19.2 Å². The van der Waals surface area contributed by atoms with E-state index in [2.05, 4.69) is 21.3 Å². The van der Waals surface area contributed by atoms with Crippen LogP contribution in [-0.2, 0) is 0 Å². The highest BCUT2D eigenvalue weighted by atomic mass is 16.2. The number of benzene rings is 2. The lowest BCUT2D eigenvalue weighted by molar-refractivity contribution is 0.0855. The van der Waals surface area contributed by atoms with Crippen LogP contribution in [0.15, 0.2) is 48.5 Å². The Kier molecular flexibility index (Phi) is 7.02. The highest BCUT2D eigenvalue weighted by Crippen LogP contribution is 2.22. The van der Waals surface area contributed by atoms with Gasteiger partial charge in [0.2, 0.25) is 0 Å². The molecule has 0 radical (unpaired) electrons. The fraction of sp³-hybridized carbons (Fsp3) is 0.429. The van der Waals surface area contributed by atoms with Crippen molar-refractivity contribution in [2.75, 3.05) is 0 Å². The van der Waals surface area contributed by atoms with E-state index in [-0.39, 0.29) is 47.8 Å². The van der Waals surface area contributed by atoms with Gasteiger partial charge in [0.1, 0.15) is 0 Å². The fourth-order valence-corrected chi connectivity index (χ4v) is 5.56. The Balaban J connectivity index is 1.49. The summed E-state index contributed by atoms with van der Waals surface area (Å²) >= 11 is 0. The topological polar surface area (TPSA) is 116 Å².